The lowest BCUT2D eigenvalue weighted by atomic mass is 10.4. The molecule has 0 radical (unpaired) electrons. The predicted molar refractivity (Wildman–Crippen MR) is 68.9 cm³/mol. The van der Waals surface area contributed by atoms with E-state index in [9.17, 15) is 8.42 Å². The normalized spacial score (nSPS) is 11.9. The van der Waals surface area contributed by atoms with E-state index in [1.807, 2.05) is 6.07 Å². The Morgan fingerprint density at radius 2 is 2.29 bits per heavy atom. The number of rotatable bonds is 4. The number of aromatic amines is 1. The number of H-pyrrole nitrogens is 1. The summed E-state index contributed by atoms with van der Waals surface area (Å²) in [5.41, 5.74) is 1.66. The maximum atomic E-state index is 11.9. The molecule has 2 N–H and O–H groups in total. The number of aryl methyl sites for hydroxylation is 1. The summed E-state index contributed by atoms with van der Waals surface area (Å²) < 4.78 is 27.1. The van der Waals surface area contributed by atoms with Crippen LogP contribution in [-0.4, -0.2) is 13.4 Å². The minimum atomic E-state index is -3.47. The van der Waals surface area contributed by atoms with Crippen LogP contribution in [0.25, 0.3) is 0 Å². The van der Waals surface area contributed by atoms with E-state index in [4.69, 9.17) is 11.6 Å². The van der Waals surface area contributed by atoms with Crippen molar-refractivity contribution in [1.82, 2.24) is 9.71 Å². The molecule has 0 aliphatic heterocycles. The van der Waals surface area contributed by atoms with E-state index >= 15 is 0 Å². The van der Waals surface area contributed by atoms with Gasteiger partial charge in [0.05, 0.1) is 4.34 Å². The predicted octanol–water partition coefficient (Wildman–Crippen LogP) is 2.52. The molecule has 0 aliphatic carbocycles. The lowest BCUT2D eigenvalue weighted by Crippen LogP contribution is -2.22. The standard InChI is InChI=1S/C10H11ClN2O2S2/c1-7-4-9(16-10(7)11)17(14,15)13-6-8-2-3-12-5-8/h2-5,12-13H,6H2,1H3. The van der Waals surface area contributed by atoms with Gasteiger partial charge in [-0.1, -0.05) is 11.6 Å². The van der Waals surface area contributed by atoms with Crippen LogP contribution in [0.1, 0.15) is 11.1 Å². The summed E-state index contributed by atoms with van der Waals surface area (Å²) in [7, 11) is -3.47. The van der Waals surface area contributed by atoms with Gasteiger partial charge in [0.1, 0.15) is 4.21 Å². The molecule has 4 nitrogen and oxygen atoms in total. The zero-order chi connectivity index (χ0) is 12.5. The summed E-state index contributed by atoms with van der Waals surface area (Å²) in [5.74, 6) is 0. The van der Waals surface area contributed by atoms with Gasteiger partial charge in [-0.2, -0.15) is 0 Å². The van der Waals surface area contributed by atoms with Crippen LogP contribution in [0, 0.1) is 6.92 Å². The highest BCUT2D eigenvalue weighted by molar-refractivity contribution is 7.91. The average molecular weight is 291 g/mol. The van der Waals surface area contributed by atoms with Crippen LogP contribution in [0.15, 0.2) is 28.7 Å². The van der Waals surface area contributed by atoms with Crippen molar-refractivity contribution in [2.24, 2.45) is 0 Å². The van der Waals surface area contributed by atoms with E-state index in [-0.39, 0.29) is 10.8 Å². The van der Waals surface area contributed by atoms with E-state index in [0.29, 0.717) is 4.34 Å². The van der Waals surface area contributed by atoms with Crippen LogP contribution in [0.2, 0.25) is 4.34 Å². The third kappa shape index (κ3) is 2.90. The molecule has 2 aromatic heterocycles. The summed E-state index contributed by atoms with van der Waals surface area (Å²) in [4.78, 5) is 2.87. The third-order valence-corrected chi connectivity index (χ3v) is 5.66. The molecule has 0 spiro atoms. The molecule has 0 bridgehead atoms. The molecule has 92 valence electrons. The number of nitrogens with one attached hydrogen (secondary N) is 2. The zero-order valence-electron chi connectivity index (χ0n) is 9.03. The van der Waals surface area contributed by atoms with Gasteiger partial charge in [0.15, 0.2) is 0 Å². The first-order valence-electron chi connectivity index (χ1n) is 4.86. The van der Waals surface area contributed by atoms with Crippen molar-refractivity contribution in [3.05, 3.63) is 40.0 Å². The molecule has 17 heavy (non-hydrogen) atoms. The summed E-state index contributed by atoms with van der Waals surface area (Å²) in [6.07, 6.45) is 3.49. The largest absolute Gasteiger partial charge is 0.367 e. The molecule has 0 amide bonds. The topological polar surface area (TPSA) is 62.0 Å². The highest BCUT2D eigenvalue weighted by Gasteiger charge is 2.17. The molecule has 0 aliphatic rings. The van der Waals surface area contributed by atoms with E-state index in [2.05, 4.69) is 9.71 Å². The number of halogens is 1. The summed E-state index contributed by atoms with van der Waals surface area (Å²) in [6.45, 7) is 2.05. The van der Waals surface area contributed by atoms with Gasteiger partial charge >= 0.3 is 0 Å². The van der Waals surface area contributed by atoms with Gasteiger partial charge < -0.3 is 4.98 Å². The Morgan fingerprint density at radius 3 is 2.82 bits per heavy atom. The van der Waals surface area contributed by atoms with Gasteiger partial charge in [-0.3, -0.25) is 0 Å². The maximum Gasteiger partial charge on any atom is 0.250 e. The van der Waals surface area contributed by atoms with E-state index in [1.54, 1.807) is 25.4 Å². The Morgan fingerprint density at radius 1 is 1.53 bits per heavy atom. The van der Waals surface area contributed by atoms with Crippen molar-refractivity contribution in [2.75, 3.05) is 0 Å². The molecule has 2 aromatic rings. The second-order valence-electron chi connectivity index (χ2n) is 3.57. The van der Waals surface area contributed by atoms with Crippen LogP contribution in [0.3, 0.4) is 0 Å². The van der Waals surface area contributed by atoms with Crippen LogP contribution >= 0.6 is 22.9 Å². The van der Waals surface area contributed by atoms with E-state index in [1.165, 1.54) is 0 Å². The molecule has 0 fully saturated rings. The quantitative estimate of drug-likeness (QED) is 0.909. The Hall–Kier alpha value is -0.820. The van der Waals surface area contributed by atoms with Gasteiger partial charge in [0, 0.05) is 18.9 Å². The number of hydrogen-bond donors (Lipinski definition) is 2. The van der Waals surface area contributed by atoms with Crippen molar-refractivity contribution in [1.29, 1.82) is 0 Å². The van der Waals surface area contributed by atoms with Crippen LogP contribution < -0.4 is 4.72 Å². The van der Waals surface area contributed by atoms with Gasteiger partial charge in [0.2, 0.25) is 10.0 Å². The minimum absolute atomic E-state index is 0.246. The lowest BCUT2D eigenvalue weighted by molar-refractivity contribution is 0.583. The molecule has 2 rings (SSSR count). The smallest absolute Gasteiger partial charge is 0.250 e. The molecule has 0 unspecified atom stereocenters. The Bertz CT molecular complexity index is 583. The molecule has 0 aromatic carbocycles. The second kappa shape index (κ2) is 4.81. The van der Waals surface area contributed by atoms with Crippen molar-refractivity contribution < 1.29 is 8.42 Å². The Labute approximate surface area is 109 Å². The molecular formula is C10H11ClN2O2S2. The number of hydrogen-bond acceptors (Lipinski definition) is 3. The summed E-state index contributed by atoms with van der Waals surface area (Å²) in [5, 5.41) is 0. The van der Waals surface area contributed by atoms with Crippen molar-refractivity contribution in [2.45, 2.75) is 17.7 Å². The maximum absolute atomic E-state index is 11.9. The molecule has 7 heteroatoms. The molecule has 0 atom stereocenters. The van der Waals surface area contributed by atoms with Crippen molar-refractivity contribution >= 4 is 33.0 Å². The van der Waals surface area contributed by atoms with Gasteiger partial charge in [-0.05, 0) is 30.2 Å². The molecule has 2 heterocycles. The monoisotopic (exact) mass is 290 g/mol. The fourth-order valence-corrected chi connectivity index (χ4v) is 4.05. The molecule has 0 saturated heterocycles. The number of thiophene rings is 1. The first-order valence-corrected chi connectivity index (χ1v) is 7.54. The highest BCUT2D eigenvalue weighted by Crippen LogP contribution is 2.29. The van der Waals surface area contributed by atoms with Crippen LogP contribution in [0.5, 0.6) is 0 Å². The molecule has 0 saturated carbocycles. The second-order valence-corrected chi connectivity index (χ2v) is 7.21. The Balaban J connectivity index is 2.14. The SMILES string of the molecule is Cc1cc(S(=O)(=O)NCc2cc[nH]c2)sc1Cl. The fraction of sp³-hybridized carbons (Fsp3) is 0.200. The van der Waals surface area contributed by atoms with Gasteiger partial charge in [-0.25, -0.2) is 13.1 Å². The van der Waals surface area contributed by atoms with Crippen LogP contribution in [-0.2, 0) is 16.6 Å². The summed E-state index contributed by atoms with van der Waals surface area (Å²) >= 11 is 6.92. The lowest BCUT2D eigenvalue weighted by Gasteiger charge is -2.02. The van der Waals surface area contributed by atoms with Crippen molar-refractivity contribution in [3.8, 4) is 0 Å². The van der Waals surface area contributed by atoms with E-state index < -0.39 is 10.0 Å². The zero-order valence-corrected chi connectivity index (χ0v) is 11.4. The van der Waals surface area contributed by atoms with Crippen LogP contribution in [0.4, 0.5) is 0 Å². The molecular weight excluding hydrogens is 280 g/mol. The minimum Gasteiger partial charge on any atom is -0.367 e. The summed E-state index contributed by atoms with van der Waals surface area (Å²) in [6, 6.07) is 3.39. The third-order valence-electron chi connectivity index (χ3n) is 2.23. The van der Waals surface area contributed by atoms with Gasteiger partial charge in [-0.15, -0.1) is 11.3 Å². The highest BCUT2D eigenvalue weighted by atomic mass is 35.5. The Kier molecular flexibility index (Phi) is 3.58. The first-order chi connectivity index (χ1) is 7.99. The number of aromatic nitrogens is 1. The first kappa shape index (κ1) is 12.6. The van der Waals surface area contributed by atoms with E-state index in [0.717, 1.165) is 22.5 Å². The number of sulfonamides is 1. The van der Waals surface area contributed by atoms with Crippen molar-refractivity contribution in [3.63, 3.8) is 0 Å². The fourth-order valence-electron chi connectivity index (χ4n) is 1.28. The average Bonchev–Trinajstić information content (AvgIpc) is 2.87. The van der Waals surface area contributed by atoms with Gasteiger partial charge in [0.25, 0.3) is 0 Å².